The van der Waals surface area contributed by atoms with Crippen LogP contribution in [-0.4, -0.2) is 11.8 Å². The minimum absolute atomic E-state index is 0.0151. The summed E-state index contributed by atoms with van der Waals surface area (Å²) in [5, 5.41) is 0.706. The zero-order valence-electron chi connectivity index (χ0n) is 15.3. The molecule has 1 saturated carbocycles. The number of hydrogen-bond acceptors (Lipinski definition) is 3. The number of hydrazine groups is 1. The molecule has 0 radical (unpaired) electrons. The lowest BCUT2D eigenvalue weighted by Crippen LogP contribution is -2.44. The van der Waals surface area contributed by atoms with Crippen LogP contribution in [-0.2, 0) is 11.4 Å². The van der Waals surface area contributed by atoms with E-state index < -0.39 is 0 Å². The summed E-state index contributed by atoms with van der Waals surface area (Å²) in [7, 11) is 0. The van der Waals surface area contributed by atoms with Gasteiger partial charge in [0.1, 0.15) is 12.4 Å². The first-order chi connectivity index (χ1) is 13.0. The van der Waals surface area contributed by atoms with Gasteiger partial charge in [-0.05, 0) is 61.2 Å². The van der Waals surface area contributed by atoms with Crippen molar-refractivity contribution in [2.75, 3.05) is 0 Å². The van der Waals surface area contributed by atoms with Crippen LogP contribution in [0.2, 0.25) is 5.02 Å². The van der Waals surface area contributed by atoms with Crippen molar-refractivity contribution in [2.45, 2.75) is 39.2 Å². The van der Waals surface area contributed by atoms with Gasteiger partial charge in [0.05, 0.1) is 0 Å². The molecule has 1 fully saturated rings. The number of nitrogens with one attached hydrogen (secondary N) is 2. The molecule has 0 unspecified atom stereocenters. The molecular weight excluding hydrogens is 364 g/mol. The predicted octanol–water partition coefficient (Wildman–Crippen LogP) is 4.18. The van der Waals surface area contributed by atoms with Crippen molar-refractivity contribution >= 4 is 23.4 Å². The highest BCUT2D eigenvalue weighted by Crippen LogP contribution is 2.24. The van der Waals surface area contributed by atoms with Gasteiger partial charge in [-0.25, -0.2) is 0 Å². The van der Waals surface area contributed by atoms with E-state index in [-0.39, 0.29) is 17.7 Å². The Morgan fingerprint density at radius 2 is 1.78 bits per heavy atom. The van der Waals surface area contributed by atoms with E-state index in [2.05, 4.69) is 10.9 Å². The van der Waals surface area contributed by atoms with Crippen LogP contribution >= 0.6 is 11.6 Å². The zero-order chi connectivity index (χ0) is 19.2. The zero-order valence-corrected chi connectivity index (χ0v) is 16.0. The molecule has 142 valence electrons. The summed E-state index contributed by atoms with van der Waals surface area (Å²) in [6, 6.07) is 12.6. The Hall–Kier alpha value is -2.53. The Kier molecular flexibility index (Phi) is 6.35. The molecule has 27 heavy (non-hydrogen) atoms. The maximum atomic E-state index is 12.2. The molecule has 3 rings (SSSR count). The van der Waals surface area contributed by atoms with Gasteiger partial charge in [-0.2, -0.15) is 0 Å². The lowest BCUT2D eigenvalue weighted by Gasteiger charge is -2.12. The fraction of sp³-hybridized carbons (Fsp3) is 0.333. The summed E-state index contributed by atoms with van der Waals surface area (Å²) >= 11 is 6.01. The highest BCUT2D eigenvalue weighted by Gasteiger charge is 2.22. The minimum Gasteiger partial charge on any atom is -0.489 e. The first-order valence-corrected chi connectivity index (χ1v) is 9.49. The number of ether oxygens (including phenoxy) is 1. The number of halogens is 1. The van der Waals surface area contributed by atoms with E-state index in [0.29, 0.717) is 17.2 Å². The summed E-state index contributed by atoms with van der Waals surface area (Å²) in [6.07, 6.45) is 3.93. The quantitative estimate of drug-likeness (QED) is 0.757. The van der Waals surface area contributed by atoms with Crippen molar-refractivity contribution in [3.63, 3.8) is 0 Å². The van der Waals surface area contributed by atoms with Crippen LogP contribution in [0.3, 0.4) is 0 Å². The van der Waals surface area contributed by atoms with E-state index in [4.69, 9.17) is 16.3 Å². The van der Waals surface area contributed by atoms with Crippen LogP contribution in [0, 0.1) is 12.8 Å². The second-order valence-corrected chi connectivity index (χ2v) is 7.23. The van der Waals surface area contributed by atoms with Gasteiger partial charge in [-0.1, -0.05) is 36.6 Å². The average Bonchev–Trinajstić information content (AvgIpc) is 3.22. The Bertz CT molecular complexity index is 815. The van der Waals surface area contributed by atoms with Crippen LogP contribution in [0.4, 0.5) is 0 Å². The van der Waals surface area contributed by atoms with Gasteiger partial charge < -0.3 is 4.74 Å². The molecule has 0 atom stereocenters. The minimum atomic E-state index is -0.331. The molecule has 0 bridgehead atoms. The first kappa shape index (κ1) is 19.2. The fourth-order valence-corrected chi connectivity index (χ4v) is 3.22. The molecule has 0 spiro atoms. The maximum Gasteiger partial charge on any atom is 0.269 e. The normalized spacial score (nSPS) is 14.0. The third kappa shape index (κ3) is 5.23. The number of amides is 2. The Morgan fingerprint density at radius 1 is 1.07 bits per heavy atom. The fourth-order valence-electron chi connectivity index (χ4n) is 3.11. The van der Waals surface area contributed by atoms with E-state index in [1.54, 1.807) is 18.2 Å². The first-order valence-electron chi connectivity index (χ1n) is 9.11. The molecule has 6 heteroatoms. The number of rotatable bonds is 5. The number of carbonyl (C=O) groups is 2. The van der Waals surface area contributed by atoms with Crippen molar-refractivity contribution in [3.05, 3.63) is 64.2 Å². The van der Waals surface area contributed by atoms with Gasteiger partial charge in [0.2, 0.25) is 5.91 Å². The standard InChI is InChI=1S/C21H23ClN2O3/c1-14-12-18(10-11-19(14)22)27-13-15-6-8-17(9-7-15)21(26)24-23-20(25)16-4-2-3-5-16/h6-12,16H,2-5,13H2,1H3,(H,23,25)(H,24,26). The van der Waals surface area contributed by atoms with Crippen molar-refractivity contribution in [1.29, 1.82) is 0 Å². The third-order valence-corrected chi connectivity index (χ3v) is 5.20. The van der Waals surface area contributed by atoms with E-state index in [1.807, 2.05) is 31.2 Å². The van der Waals surface area contributed by atoms with Gasteiger partial charge >= 0.3 is 0 Å². The highest BCUT2D eigenvalue weighted by molar-refractivity contribution is 6.31. The second kappa shape index (κ2) is 8.91. The van der Waals surface area contributed by atoms with Crippen LogP contribution < -0.4 is 15.6 Å². The number of benzene rings is 2. The molecule has 1 aliphatic carbocycles. The smallest absolute Gasteiger partial charge is 0.269 e. The summed E-state index contributed by atoms with van der Waals surface area (Å²) < 4.78 is 5.75. The largest absolute Gasteiger partial charge is 0.489 e. The highest BCUT2D eigenvalue weighted by atomic mass is 35.5. The van der Waals surface area contributed by atoms with Gasteiger partial charge in [0, 0.05) is 16.5 Å². The Balaban J connectivity index is 1.49. The Labute approximate surface area is 164 Å². The molecule has 0 aliphatic heterocycles. The van der Waals surface area contributed by atoms with Crippen LogP contribution in [0.15, 0.2) is 42.5 Å². The van der Waals surface area contributed by atoms with Crippen molar-refractivity contribution in [2.24, 2.45) is 5.92 Å². The molecule has 2 aromatic carbocycles. The third-order valence-electron chi connectivity index (χ3n) is 4.78. The van der Waals surface area contributed by atoms with E-state index in [1.165, 1.54) is 0 Å². The van der Waals surface area contributed by atoms with E-state index >= 15 is 0 Å². The molecule has 5 nitrogen and oxygen atoms in total. The monoisotopic (exact) mass is 386 g/mol. The van der Waals surface area contributed by atoms with Crippen LogP contribution in [0.25, 0.3) is 0 Å². The second-order valence-electron chi connectivity index (χ2n) is 6.82. The molecular formula is C21H23ClN2O3. The molecule has 2 aromatic rings. The molecule has 1 aliphatic rings. The topological polar surface area (TPSA) is 67.4 Å². The molecule has 0 saturated heterocycles. The van der Waals surface area contributed by atoms with E-state index in [9.17, 15) is 9.59 Å². The maximum absolute atomic E-state index is 12.2. The predicted molar refractivity (Wildman–Crippen MR) is 105 cm³/mol. The van der Waals surface area contributed by atoms with Gasteiger partial charge in [0.15, 0.2) is 0 Å². The van der Waals surface area contributed by atoms with Crippen molar-refractivity contribution in [1.82, 2.24) is 10.9 Å². The SMILES string of the molecule is Cc1cc(OCc2ccc(C(=O)NNC(=O)C3CCCC3)cc2)ccc1Cl. The summed E-state index contributed by atoms with van der Waals surface area (Å²) in [5.41, 5.74) is 7.38. The van der Waals surface area contributed by atoms with Gasteiger partial charge in [-0.3, -0.25) is 20.4 Å². The van der Waals surface area contributed by atoms with E-state index in [0.717, 1.165) is 42.6 Å². The Morgan fingerprint density at radius 3 is 2.44 bits per heavy atom. The number of aryl methyl sites for hydroxylation is 1. The van der Waals surface area contributed by atoms with Crippen LogP contribution in [0.1, 0.15) is 47.2 Å². The summed E-state index contributed by atoms with van der Waals surface area (Å²) in [4.78, 5) is 24.1. The summed E-state index contributed by atoms with van der Waals surface area (Å²) in [5.74, 6) is 0.320. The molecule has 0 heterocycles. The van der Waals surface area contributed by atoms with Gasteiger partial charge in [-0.15, -0.1) is 0 Å². The van der Waals surface area contributed by atoms with Crippen molar-refractivity contribution in [3.8, 4) is 5.75 Å². The number of carbonyl (C=O) groups excluding carboxylic acids is 2. The van der Waals surface area contributed by atoms with Crippen molar-refractivity contribution < 1.29 is 14.3 Å². The molecule has 0 aromatic heterocycles. The lowest BCUT2D eigenvalue weighted by atomic mass is 10.1. The van der Waals surface area contributed by atoms with Gasteiger partial charge in [0.25, 0.3) is 5.91 Å². The van der Waals surface area contributed by atoms with Crippen LogP contribution in [0.5, 0.6) is 5.75 Å². The average molecular weight is 387 g/mol. The summed E-state index contributed by atoms with van der Waals surface area (Å²) in [6.45, 7) is 2.31. The lowest BCUT2D eigenvalue weighted by molar-refractivity contribution is -0.125. The molecule has 2 N–H and O–H groups in total. The number of hydrogen-bond donors (Lipinski definition) is 2. The molecule has 2 amide bonds.